The molecule has 20 heavy (non-hydrogen) atoms. The summed E-state index contributed by atoms with van der Waals surface area (Å²) in [6.45, 7) is 0.178. The zero-order chi connectivity index (χ0) is 13.9. The molecule has 0 aliphatic heterocycles. The van der Waals surface area contributed by atoms with E-state index in [1.54, 1.807) is 18.2 Å². The van der Waals surface area contributed by atoms with Crippen molar-refractivity contribution in [1.82, 2.24) is 0 Å². The number of rotatable bonds is 3. The third-order valence-corrected chi connectivity index (χ3v) is 3.61. The van der Waals surface area contributed by atoms with E-state index >= 15 is 0 Å². The molecule has 0 fully saturated rings. The number of carbonyl (C=O) groups is 1. The quantitative estimate of drug-likeness (QED) is 0.844. The Labute approximate surface area is 117 Å². The molecule has 0 bridgehead atoms. The first-order chi connectivity index (χ1) is 9.75. The highest BCUT2D eigenvalue weighted by Crippen LogP contribution is 2.30. The largest absolute Gasteiger partial charge is 0.488 e. The molecule has 0 unspecified atom stereocenters. The fourth-order valence-corrected chi connectivity index (χ4v) is 2.55. The van der Waals surface area contributed by atoms with Gasteiger partial charge in [-0.05, 0) is 25.0 Å². The minimum Gasteiger partial charge on any atom is -0.488 e. The fraction of sp³-hybridized carbons (Fsp3) is 0.235. The van der Waals surface area contributed by atoms with Gasteiger partial charge in [0.1, 0.15) is 18.2 Å². The number of halogens is 1. The highest BCUT2D eigenvalue weighted by Gasteiger charge is 2.20. The molecule has 0 amide bonds. The van der Waals surface area contributed by atoms with Crippen molar-refractivity contribution in [3.63, 3.8) is 0 Å². The Bertz CT molecular complexity index is 649. The number of Topliss-reactive ketones (excluding diaryl/α,β-unsaturated/α-hetero) is 1. The molecule has 3 rings (SSSR count). The van der Waals surface area contributed by atoms with Crippen molar-refractivity contribution in [3.05, 3.63) is 65.0 Å². The normalized spacial score (nSPS) is 13.9. The maximum absolute atomic E-state index is 13.6. The second-order valence-electron chi connectivity index (χ2n) is 4.94. The van der Waals surface area contributed by atoms with E-state index in [2.05, 4.69) is 0 Å². The molecule has 0 aromatic heterocycles. The number of carbonyl (C=O) groups excluding carboxylic acids is 1. The van der Waals surface area contributed by atoms with E-state index in [4.69, 9.17) is 4.74 Å². The van der Waals surface area contributed by atoms with Gasteiger partial charge in [0.05, 0.1) is 0 Å². The molecule has 0 saturated carbocycles. The average molecular weight is 270 g/mol. The van der Waals surface area contributed by atoms with Crippen molar-refractivity contribution in [2.75, 3.05) is 0 Å². The fourth-order valence-electron chi connectivity index (χ4n) is 2.55. The highest BCUT2D eigenvalue weighted by molar-refractivity contribution is 5.99. The first-order valence-corrected chi connectivity index (χ1v) is 6.77. The Balaban J connectivity index is 1.84. The van der Waals surface area contributed by atoms with Crippen LogP contribution in [0.1, 0.15) is 34.3 Å². The van der Waals surface area contributed by atoms with E-state index in [1.165, 1.54) is 6.07 Å². The van der Waals surface area contributed by atoms with Gasteiger partial charge in [-0.2, -0.15) is 0 Å². The summed E-state index contributed by atoms with van der Waals surface area (Å²) in [6.07, 6.45) is 2.30. The predicted octanol–water partition coefficient (Wildman–Crippen LogP) is 3.92. The van der Waals surface area contributed by atoms with Crippen LogP contribution in [0, 0.1) is 5.82 Å². The standard InChI is InChI=1S/C17H15FO2/c18-15-8-2-1-5-12(15)11-20-17-10-4-6-13-14(17)7-3-9-16(13)19/h1-2,4-6,8,10H,3,7,9,11H2. The van der Waals surface area contributed by atoms with Crippen LogP contribution in [0.3, 0.4) is 0 Å². The summed E-state index contributed by atoms with van der Waals surface area (Å²) in [5, 5.41) is 0. The zero-order valence-corrected chi connectivity index (χ0v) is 11.1. The van der Waals surface area contributed by atoms with Crippen molar-refractivity contribution in [2.45, 2.75) is 25.9 Å². The van der Waals surface area contributed by atoms with Crippen LogP contribution >= 0.6 is 0 Å². The van der Waals surface area contributed by atoms with Crippen LogP contribution in [0.25, 0.3) is 0 Å². The zero-order valence-electron chi connectivity index (χ0n) is 11.1. The van der Waals surface area contributed by atoms with Crippen LogP contribution in [0.4, 0.5) is 4.39 Å². The summed E-state index contributed by atoms with van der Waals surface area (Å²) in [5.74, 6) is 0.592. The Morgan fingerprint density at radius 1 is 1.05 bits per heavy atom. The molecule has 0 radical (unpaired) electrons. The average Bonchev–Trinajstić information content (AvgIpc) is 2.47. The summed E-state index contributed by atoms with van der Waals surface area (Å²) in [4.78, 5) is 11.9. The third-order valence-electron chi connectivity index (χ3n) is 3.61. The van der Waals surface area contributed by atoms with Crippen molar-refractivity contribution in [2.24, 2.45) is 0 Å². The maximum Gasteiger partial charge on any atom is 0.163 e. The Morgan fingerprint density at radius 2 is 1.90 bits per heavy atom. The maximum atomic E-state index is 13.6. The molecule has 2 aromatic carbocycles. The van der Waals surface area contributed by atoms with Gasteiger partial charge in [-0.15, -0.1) is 0 Å². The number of ether oxygens (including phenoxy) is 1. The first kappa shape index (κ1) is 12.9. The lowest BCUT2D eigenvalue weighted by atomic mass is 9.90. The van der Waals surface area contributed by atoms with Gasteiger partial charge in [-0.3, -0.25) is 4.79 Å². The molecular weight excluding hydrogens is 255 g/mol. The van der Waals surface area contributed by atoms with Crippen molar-refractivity contribution in [1.29, 1.82) is 0 Å². The minimum absolute atomic E-state index is 0.169. The molecule has 0 N–H and O–H groups in total. The lowest BCUT2D eigenvalue weighted by molar-refractivity contribution is 0.0971. The molecule has 102 valence electrons. The van der Waals surface area contributed by atoms with Crippen molar-refractivity contribution >= 4 is 5.78 Å². The molecule has 2 nitrogen and oxygen atoms in total. The monoisotopic (exact) mass is 270 g/mol. The van der Waals surface area contributed by atoms with Gasteiger partial charge in [0.25, 0.3) is 0 Å². The smallest absolute Gasteiger partial charge is 0.163 e. The second-order valence-corrected chi connectivity index (χ2v) is 4.94. The van der Waals surface area contributed by atoms with E-state index in [0.29, 0.717) is 17.7 Å². The second kappa shape index (κ2) is 5.45. The predicted molar refractivity (Wildman–Crippen MR) is 74.4 cm³/mol. The van der Waals surface area contributed by atoms with Crippen LogP contribution in [0.15, 0.2) is 42.5 Å². The van der Waals surface area contributed by atoms with Gasteiger partial charge in [-0.25, -0.2) is 4.39 Å². The Hall–Kier alpha value is -2.16. The van der Waals surface area contributed by atoms with Gasteiger partial charge in [0.15, 0.2) is 5.78 Å². The molecule has 2 aromatic rings. The van der Waals surface area contributed by atoms with E-state index in [9.17, 15) is 9.18 Å². The summed E-state index contributed by atoms with van der Waals surface area (Å²) in [6, 6.07) is 12.1. The third kappa shape index (κ3) is 2.44. The molecular formula is C17H15FO2. The highest BCUT2D eigenvalue weighted by atomic mass is 19.1. The molecule has 0 spiro atoms. The van der Waals surface area contributed by atoms with Crippen molar-refractivity contribution < 1.29 is 13.9 Å². The molecule has 0 saturated heterocycles. The summed E-state index contributed by atoms with van der Waals surface area (Å²) >= 11 is 0. The van der Waals surface area contributed by atoms with E-state index in [1.807, 2.05) is 18.2 Å². The van der Waals surface area contributed by atoms with Gasteiger partial charge in [0.2, 0.25) is 0 Å². The molecule has 0 heterocycles. The minimum atomic E-state index is -0.270. The van der Waals surface area contributed by atoms with Gasteiger partial charge >= 0.3 is 0 Å². The summed E-state index contributed by atoms with van der Waals surface area (Å²) in [5.41, 5.74) is 2.23. The number of ketones is 1. The van der Waals surface area contributed by atoms with Crippen LogP contribution in [-0.4, -0.2) is 5.78 Å². The Morgan fingerprint density at radius 3 is 2.75 bits per heavy atom. The van der Waals surface area contributed by atoms with Gasteiger partial charge in [-0.1, -0.05) is 30.3 Å². The first-order valence-electron chi connectivity index (χ1n) is 6.77. The van der Waals surface area contributed by atoms with Crippen LogP contribution < -0.4 is 4.74 Å². The van der Waals surface area contributed by atoms with Gasteiger partial charge < -0.3 is 4.74 Å². The SMILES string of the molecule is O=C1CCCc2c(OCc3ccccc3F)cccc21. The van der Waals surface area contributed by atoms with Crippen LogP contribution in [0.2, 0.25) is 0 Å². The molecule has 1 aliphatic carbocycles. The van der Waals surface area contributed by atoms with Crippen molar-refractivity contribution in [3.8, 4) is 5.75 Å². The van der Waals surface area contributed by atoms with E-state index in [0.717, 1.165) is 24.0 Å². The topological polar surface area (TPSA) is 26.3 Å². The number of hydrogen-bond acceptors (Lipinski definition) is 2. The molecule has 3 heteroatoms. The van der Waals surface area contributed by atoms with Crippen LogP contribution in [0.5, 0.6) is 5.75 Å². The lowest BCUT2D eigenvalue weighted by Gasteiger charge is -2.18. The lowest BCUT2D eigenvalue weighted by Crippen LogP contribution is -2.12. The summed E-state index contributed by atoms with van der Waals surface area (Å²) < 4.78 is 19.3. The summed E-state index contributed by atoms with van der Waals surface area (Å²) in [7, 11) is 0. The van der Waals surface area contributed by atoms with E-state index in [-0.39, 0.29) is 18.2 Å². The van der Waals surface area contributed by atoms with E-state index < -0.39 is 0 Å². The molecule has 0 atom stereocenters. The number of fused-ring (bicyclic) bond motifs is 1. The molecule has 1 aliphatic rings. The van der Waals surface area contributed by atoms with Crippen LogP contribution in [-0.2, 0) is 13.0 Å². The Kier molecular flexibility index (Phi) is 3.50. The van der Waals surface area contributed by atoms with Gasteiger partial charge in [0, 0.05) is 23.1 Å². The number of hydrogen-bond donors (Lipinski definition) is 0. The number of benzene rings is 2.